The van der Waals surface area contributed by atoms with E-state index in [0.717, 1.165) is 16.2 Å². The highest BCUT2D eigenvalue weighted by Crippen LogP contribution is 2.43. The zero-order valence-corrected chi connectivity index (χ0v) is 18.4. The highest BCUT2D eigenvalue weighted by molar-refractivity contribution is 7.15. The van der Waals surface area contributed by atoms with Crippen LogP contribution in [0.15, 0.2) is 54.1 Å². The Morgan fingerprint density at radius 3 is 2.41 bits per heavy atom. The van der Waals surface area contributed by atoms with Crippen molar-refractivity contribution in [3.8, 4) is 5.75 Å². The Balaban J connectivity index is 1.87. The molecule has 1 atom stereocenters. The van der Waals surface area contributed by atoms with Gasteiger partial charge in [0.15, 0.2) is 0 Å². The van der Waals surface area contributed by atoms with E-state index in [4.69, 9.17) is 4.74 Å². The Labute approximate surface area is 187 Å². The van der Waals surface area contributed by atoms with Gasteiger partial charge < -0.3 is 9.84 Å². The third kappa shape index (κ3) is 3.87. The molecule has 1 N–H and O–H groups in total. The van der Waals surface area contributed by atoms with Crippen molar-refractivity contribution in [1.29, 1.82) is 0 Å². The summed E-state index contributed by atoms with van der Waals surface area (Å²) in [5.74, 6) is -2.26. The van der Waals surface area contributed by atoms with E-state index < -0.39 is 29.3 Å². The number of rotatable bonds is 5. The molecule has 1 aliphatic heterocycles. The SMILES string of the molecule is Cc1nnc(N2C(=O)C(=O)/C(=C(/O)c3ccc(OC(C)C)cc3)C2c2ccccc2F)s1. The summed E-state index contributed by atoms with van der Waals surface area (Å²) in [5.41, 5.74) is 0.153. The minimum atomic E-state index is -1.19. The predicted octanol–water partition coefficient (Wildman–Crippen LogP) is 4.40. The maximum atomic E-state index is 14.8. The summed E-state index contributed by atoms with van der Waals surface area (Å²) in [6, 6.07) is 11.1. The van der Waals surface area contributed by atoms with E-state index in [-0.39, 0.29) is 22.4 Å². The number of anilines is 1. The number of halogens is 1. The van der Waals surface area contributed by atoms with Crippen LogP contribution < -0.4 is 9.64 Å². The number of aryl methyl sites for hydroxylation is 1. The number of hydrogen-bond donors (Lipinski definition) is 1. The van der Waals surface area contributed by atoms with Gasteiger partial charge in [0.05, 0.1) is 11.7 Å². The molecule has 164 valence electrons. The molecule has 32 heavy (non-hydrogen) atoms. The highest BCUT2D eigenvalue weighted by Gasteiger charge is 2.49. The first kappa shape index (κ1) is 21.6. The molecular weight excluding hydrogens is 433 g/mol. The van der Waals surface area contributed by atoms with Gasteiger partial charge in [0.1, 0.15) is 28.4 Å². The molecule has 2 aromatic carbocycles. The van der Waals surface area contributed by atoms with Crippen molar-refractivity contribution in [2.24, 2.45) is 0 Å². The topological polar surface area (TPSA) is 92.6 Å². The number of benzene rings is 2. The monoisotopic (exact) mass is 453 g/mol. The van der Waals surface area contributed by atoms with Crippen molar-refractivity contribution in [2.75, 3.05) is 4.90 Å². The van der Waals surface area contributed by atoms with Gasteiger partial charge in [-0.25, -0.2) is 4.39 Å². The fourth-order valence-electron chi connectivity index (χ4n) is 3.52. The Morgan fingerprint density at radius 1 is 1.12 bits per heavy atom. The molecule has 1 saturated heterocycles. The standard InChI is InChI=1S/C23H20FN3O4S/c1-12(2)31-15-10-8-14(9-11-15)20(28)18-19(16-6-4-5-7-17(16)24)27(22(30)21(18)29)23-26-25-13(3)32-23/h4-12,19,28H,1-3H3/b20-18+. The molecule has 3 aromatic rings. The van der Waals surface area contributed by atoms with E-state index >= 15 is 0 Å². The second-order valence-corrected chi connectivity index (χ2v) is 8.65. The van der Waals surface area contributed by atoms with E-state index in [0.29, 0.717) is 16.3 Å². The molecule has 0 spiro atoms. The van der Waals surface area contributed by atoms with Crippen molar-refractivity contribution in [3.05, 3.63) is 76.1 Å². The molecule has 0 bridgehead atoms. The lowest BCUT2D eigenvalue weighted by atomic mass is 9.95. The molecule has 2 heterocycles. The molecule has 9 heteroatoms. The summed E-state index contributed by atoms with van der Waals surface area (Å²) < 4.78 is 20.4. The lowest BCUT2D eigenvalue weighted by molar-refractivity contribution is -0.132. The van der Waals surface area contributed by atoms with Crippen molar-refractivity contribution in [2.45, 2.75) is 32.9 Å². The number of Topliss-reactive ketones (excluding diaryl/α,β-unsaturated/α-hetero) is 1. The molecule has 1 amide bonds. The van der Waals surface area contributed by atoms with E-state index in [9.17, 15) is 19.1 Å². The number of aliphatic hydroxyl groups is 1. The Hall–Kier alpha value is -3.59. The average molecular weight is 453 g/mol. The molecular formula is C23H20FN3O4S. The Bertz CT molecular complexity index is 1220. The molecule has 4 rings (SSSR count). The van der Waals surface area contributed by atoms with Crippen LogP contribution in [0.4, 0.5) is 9.52 Å². The average Bonchev–Trinajstić information content (AvgIpc) is 3.29. The molecule has 1 aliphatic rings. The first-order valence-corrected chi connectivity index (χ1v) is 10.7. The van der Waals surface area contributed by atoms with Crippen LogP contribution in [0.5, 0.6) is 5.75 Å². The van der Waals surface area contributed by atoms with Crippen LogP contribution in [0.2, 0.25) is 0 Å². The van der Waals surface area contributed by atoms with Crippen molar-refractivity contribution >= 4 is 33.9 Å². The molecule has 1 aromatic heterocycles. The largest absolute Gasteiger partial charge is 0.507 e. The maximum absolute atomic E-state index is 14.8. The maximum Gasteiger partial charge on any atom is 0.301 e. The van der Waals surface area contributed by atoms with Gasteiger partial charge in [-0.15, -0.1) is 10.2 Å². The number of aromatic nitrogens is 2. The molecule has 1 unspecified atom stereocenters. The van der Waals surface area contributed by atoms with Gasteiger partial charge in [-0.05, 0) is 51.1 Å². The van der Waals surface area contributed by atoms with Crippen LogP contribution in [0, 0.1) is 12.7 Å². The van der Waals surface area contributed by atoms with Gasteiger partial charge in [-0.3, -0.25) is 14.5 Å². The minimum Gasteiger partial charge on any atom is -0.507 e. The first-order valence-electron chi connectivity index (χ1n) is 9.90. The first-order chi connectivity index (χ1) is 15.3. The number of carbonyl (C=O) groups excluding carboxylic acids is 2. The Morgan fingerprint density at radius 2 is 1.81 bits per heavy atom. The number of nitrogens with zero attached hydrogens (tertiary/aromatic N) is 3. The summed E-state index contributed by atoms with van der Waals surface area (Å²) in [7, 11) is 0. The summed E-state index contributed by atoms with van der Waals surface area (Å²) >= 11 is 1.10. The quantitative estimate of drug-likeness (QED) is 0.350. The van der Waals surface area contributed by atoms with Gasteiger partial charge >= 0.3 is 5.91 Å². The zero-order valence-electron chi connectivity index (χ0n) is 17.6. The Kier molecular flexibility index (Phi) is 5.75. The normalized spacial score (nSPS) is 17.9. The van der Waals surface area contributed by atoms with Crippen LogP contribution in [-0.2, 0) is 9.59 Å². The van der Waals surface area contributed by atoms with Crippen molar-refractivity contribution in [3.63, 3.8) is 0 Å². The van der Waals surface area contributed by atoms with Crippen LogP contribution in [0.3, 0.4) is 0 Å². The third-order valence-corrected chi connectivity index (χ3v) is 5.70. The number of hydrogen-bond acceptors (Lipinski definition) is 7. The summed E-state index contributed by atoms with van der Waals surface area (Å²) in [5, 5.41) is 19.7. The second kappa shape index (κ2) is 8.51. The van der Waals surface area contributed by atoms with Gasteiger partial charge in [-0.1, -0.05) is 29.5 Å². The smallest absolute Gasteiger partial charge is 0.301 e. The zero-order chi connectivity index (χ0) is 23.0. The van der Waals surface area contributed by atoms with Gasteiger partial charge in [0, 0.05) is 11.1 Å². The number of amides is 1. The molecule has 1 fully saturated rings. The second-order valence-electron chi connectivity index (χ2n) is 7.49. The summed E-state index contributed by atoms with van der Waals surface area (Å²) in [6.07, 6.45) is -0.0313. The van der Waals surface area contributed by atoms with Crippen LogP contribution in [-0.4, -0.2) is 33.1 Å². The van der Waals surface area contributed by atoms with Gasteiger partial charge in [-0.2, -0.15) is 0 Å². The number of ketones is 1. The van der Waals surface area contributed by atoms with E-state index in [1.165, 1.54) is 18.2 Å². The van der Waals surface area contributed by atoms with Crippen LogP contribution in [0.1, 0.15) is 36.0 Å². The number of ether oxygens (including phenoxy) is 1. The fourth-order valence-corrected chi connectivity index (χ4v) is 4.24. The van der Waals surface area contributed by atoms with Gasteiger partial charge in [0.25, 0.3) is 5.78 Å². The van der Waals surface area contributed by atoms with E-state index in [1.807, 2.05) is 13.8 Å². The highest BCUT2D eigenvalue weighted by atomic mass is 32.1. The van der Waals surface area contributed by atoms with Crippen LogP contribution >= 0.6 is 11.3 Å². The van der Waals surface area contributed by atoms with E-state index in [1.54, 1.807) is 37.3 Å². The minimum absolute atomic E-state index is 0.0313. The number of carbonyl (C=O) groups is 2. The molecule has 0 saturated carbocycles. The molecule has 0 aliphatic carbocycles. The molecule has 7 nitrogen and oxygen atoms in total. The summed E-state index contributed by atoms with van der Waals surface area (Å²) in [4.78, 5) is 27.1. The molecule has 0 radical (unpaired) electrons. The van der Waals surface area contributed by atoms with Crippen molar-refractivity contribution in [1.82, 2.24) is 10.2 Å². The number of aliphatic hydroxyl groups excluding tert-OH is 1. The summed E-state index contributed by atoms with van der Waals surface area (Å²) in [6.45, 7) is 5.48. The lowest BCUT2D eigenvalue weighted by Gasteiger charge is -2.22. The van der Waals surface area contributed by atoms with Gasteiger partial charge in [0.2, 0.25) is 5.13 Å². The van der Waals surface area contributed by atoms with E-state index in [2.05, 4.69) is 10.2 Å². The van der Waals surface area contributed by atoms with Crippen molar-refractivity contribution < 1.29 is 23.8 Å². The third-order valence-electron chi connectivity index (χ3n) is 4.87. The van der Waals surface area contributed by atoms with Crippen LogP contribution in [0.25, 0.3) is 5.76 Å². The fraction of sp³-hybridized carbons (Fsp3) is 0.217. The predicted molar refractivity (Wildman–Crippen MR) is 118 cm³/mol. The lowest BCUT2D eigenvalue weighted by Crippen LogP contribution is -2.29.